The SMILES string of the molecule is CCCCc1ccc(/C(=C/C(=O)O)c2ccc(OC)c(OC)c2)cc1. The lowest BCUT2D eigenvalue weighted by atomic mass is 9.95. The Labute approximate surface area is 148 Å². The van der Waals surface area contributed by atoms with E-state index in [1.54, 1.807) is 26.4 Å². The summed E-state index contributed by atoms with van der Waals surface area (Å²) in [7, 11) is 3.13. The van der Waals surface area contributed by atoms with Crippen molar-refractivity contribution in [1.82, 2.24) is 0 Å². The van der Waals surface area contributed by atoms with Crippen LogP contribution in [-0.2, 0) is 11.2 Å². The van der Waals surface area contributed by atoms with Crippen LogP contribution in [0.2, 0.25) is 0 Å². The van der Waals surface area contributed by atoms with Crippen LogP contribution in [0.5, 0.6) is 11.5 Å². The predicted octanol–water partition coefficient (Wildman–Crippen LogP) is 4.56. The summed E-state index contributed by atoms with van der Waals surface area (Å²) in [4.78, 5) is 11.3. The first-order valence-corrected chi connectivity index (χ1v) is 8.35. The van der Waals surface area contributed by atoms with E-state index in [1.807, 2.05) is 18.2 Å². The van der Waals surface area contributed by atoms with Crippen molar-refractivity contribution >= 4 is 11.5 Å². The molecule has 0 heterocycles. The van der Waals surface area contributed by atoms with Gasteiger partial charge in [-0.1, -0.05) is 43.7 Å². The monoisotopic (exact) mass is 340 g/mol. The zero-order chi connectivity index (χ0) is 18.2. The Kier molecular flexibility index (Phi) is 6.63. The van der Waals surface area contributed by atoms with Gasteiger partial charge >= 0.3 is 5.97 Å². The maximum absolute atomic E-state index is 11.3. The van der Waals surface area contributed by atoms with E-state index in [-0.39, 0.29) is 0 Å². The minimum Gasteiger partial charge on any atom is -0.493 e. The lowest BCUT2D eigenvalue weighted by molar-refractivity contribution is -0.131. The highest BCUT2D eigenvalue weighted by Gasteiger charge is 2.11. The van der Waals surface area contributed by atoms with Crippen molar-refractivity contribution in [1.29, 1.82) is 0 Å². The van der Waals surface area contributed by atoms with Gasteiger partial charge in [0.25, 0.3) is 0 Å². The molecule has 0 radical (unpaired) electrons. The van der Waals surface area contributed by atoms with E-state index >= 15 is 0 Å². The predicted molar refractivity (Wildman–Crippen MR) is 99.3 cm³/mol. The summed E-state index contributed by atoms with van der Waals surface area (Å²) in [6, 6.07) is 13.5. The van der Waals surface area contributed by atoms with Crippen molar-refractivity contribution < 1.29 is 19.4 Å². The van der Waals surface area contributed by atoms with Crippen molar-refractivity contribution in [2.45, 2.75) is 26.2 Å². The molecule has 0 saturated heterocycles. The number of aryl methyl sites for hydroxylation is 1. The lowest BCUT2D eigenvalue weighted by Gasteiger charge is -2.13. The van der Waals surface area contributed by atoms with Crippen LogP contribution in [-0.4, -0.2) is 25.3 Å². The molecular formula is C21H24O4. The van der Waals surface area contributed by atoms with Gasteiger partial charge in [0.05, 0.1) is 14.2 Å². The summed E-state index contributed by atoms with van der Waals surface area (Å²) in [5, 5.41) is 9.27. The number of benzene rings is 2. The average molecular weight is 340 g/mol. The number of hydrogen-bond donors (Lipinski definition) is 1. The van der Waals surface area contributed by atoms with Gasteiger partial charge in [0.15, 0.2) is 11.5 Å². The maximum Gasteiger partial charge on any atom is 0.328 e. The first kappa shape index (κ1) is 18.6. The third kappa shape index (κ3) is 4.86. The molecule has 0 spiro atoms. The molecule has 0 aromatic heterocycles. The Balaban J connectivity index is 2.42. The minimum atomic E-state index is -0.986. The van der Waals surface area contributed by atoms with Gasteiger partial charge < -0.3 is 14.6 Å². The van der Waals surface area contributed by atoms with E-state index < -0.39 is 5.97 Å². The third-order valence-electron chi connectivity index (χ3n) is 4.05. The van der Waals surface area contributed by atoms with Crippen LogP contribution in [0, 0.1) is 0 Å². The van der Waals surface area contributed by atoms with Crippen LogP contribution >= 0.6 is 0 Å². The fourth-order valence-electron chi connectivity index (χ4n) is 2.69. The molecule has 25 heavy (non-hydrogen) atoms. The summed E-state index contributed by atoms with van der Waals surface area (Å²) in [6.07, 6.45) is 4.55. The summed E-state index contributed by atoms with van der Waals surface area (Å²) in [6.45, 7) is 2.17. The van der Waals surface area contributed by atoms with Crippen molar-refractivity contribution in [3.05, 3.63) is 65.2 Å². The second kappa shape index (κ2) is 8.92. The fraction of sp³-hybridized carbons (Fsp3) is 0.286. The zero-order valence-electron chi connectivity index (χ0n) is 14.9. The molecule has 0 aliphatic heterocycles. The molecule has 2 aromatic rings. The van der Waals surface area contributed by atoms with Gasteiger partial charge in [0, 0.05) is 6.08 Å². The van der Waals surface area contributed by atoms with Gasteiger partial charge in [-0.15, -0.1) is 0 Å². The molecule has 0 atom stereocenters. The number of unbranched alkanes of at least 4 members (excludes halogenated alkanes) is 1. The van der Waals surface area contributed by atoms with Crippen LogP contribution in [0.25, 0.3) is 5.57 Å². The second-order valence-electron chi connectivity index (χ2n) is 5.77. The number of methoxy groups -OCH3 is 2. The van der Waals surface area contributed by atoms with Gasteiger partial charge in [0.1, 0.15) is 0 Å². The number of aliphatic carboxylic acids is 1. The molecular weight excluding hydrogens is 316 g/mol. The van der Waals surface area contributed by atoms with Crippen molar-refractivity contribution in [3.8, 4) is 11.5 Å². The molecule has 0 unspecified atom stereocenters. The molecule has 2 rings (SSSR count). The lowest BCUT2D eigenvalue weighted by Crippen LogP contribution is -1.97. The zero-order valence-corrected chi connectivity index (χ0v) is 14.9. The van der Waals surface area contributed by atoms with Gasteiger partial charge in [-0.2, -0.15) is 0 Å². The first-order valence-electron chi connectivity index (χ1n) is 8.35. The van der Waals surface area contributed by atoms with Crippen molar-refractivity contribution in [3.63, 3.8) is 0 Å². The standard InChI is InChI=1S/C21H24O4/c1-4-5-6-15-7-9-16(10-8-15)18(14-21(22)23)17-11-12-19(24-2)20(13-17)25-3/h7-14H,4-6H2,1-3H3,(H,22,23)/b18-14-. The molecule has 0 bridgehead atoms. The second-order valence-corrected chi connectivity index (χ2v) is 5.77. The molecule has 4 heteroatoms. The summed E-state index contributed by atoms with van der Waals surface area (Å²) in [5.41, 5.74) is 3.51. The summed E-state index contributed by atoms with van der Waals surface area (Å²) < 4.78 is 10.6. The Hall–Kier alpha value is -2.75. The van der Waals surface area contributed by atoms with E-state index in [9.17, 15) is 9.90 Å². The van der Waals surface area contributed by atoms with Crippen LogP contribution in [0.15, 0.2) is 48.5 Å². The Morgan fingerprint density at radius 2 is 1.64 bits per heavy atom. The van der Waals surface area contributed by atoms with Crippen molar-refractivity contribution in [2.75, 3.05) is 14.2 Å². The molecule has 132 valence electrons. The van der Waals surface area contributed by atoms with Crippen LogP contribution in [0.4, 0.5) is 0 Å². The molecule has 0 aliphatic carbocycles. The molecule has 4 nitrogen and oxygen atoms in total. The minimum absolute atomic E-state index is 0.566. The van der Waals surface area contributed by atoms with Gasteiger partial charge in [-0.25, -0.2) is 4.79 Å². The maximum atomic E-state index is 11.3. The van der Waals surface area contributed by atoms with E-state index in [2.05, 4.69) is 19.1 Å². The highest BCUT2D eigenvalue weighted by molar-refractivity contribution is 5.95. The molecule has 2 aromatic carbocycles. The molecule has 0 fully saturated rings. The van der Waals surface area contributed by atoms with Gasteiger partial charge in [-0.05, 0) is 47.2 Å². The van der Waals surface area contributed by atoms with E-state index in [1.165, 1.54) is 11.6 Å². The largest absolute Gasteiger partial charge is 0.493 e. The number of ether oxygens (including phenoxy) is 2. The smallest absolute Gasteiger partial charge is 0.328 e. The van der Waals surface area contributed by atoms with Crippen molar-refractivity contribution in [2.24, 2.45) is 0 Å². The first-order chi connectivity index (χ1) is 12.1. The molecule has 0 saturated carbocycles. The molecule has 0 aliphatic rings. The Morgan fingerprint density at radius 3 is 2.20 bits per heavy atom. The van der Waals surface area contributed by atoms with Crippen LogP contribution < -0.4 is 9.47 Å². The Bertz CT molecular complexity index is 745. The van der Waals surface area contributed by atoms with E-state index in [0.717, 1.165) is 30.4 Å². The number of carboxylic acids is 1. The quantitative estimate of drug-likeness (QED) is 0.716. The highest BCUT2D eigenvalue weighted by atomic mass is 16.5. The number of rotatable bonds is 8. The van der Waals surface area contributed by atoms with E-state index in [4.69, 9.17) is 9.47 Å². The fourth-order valence-corrected chi connectivity index (χ4v) is 2.69. The van der Waals surface area contributed by atoms with Crippen LogP contribution in [0.3, 0.4) is 0 Å². The van der Waals surface area contributed by atoms with Gasteiger partial charge in [-0.3, -0.25) is 0 Å². The number of carboxylic acid groups (broad SMARTS) is 1. The average Bonchev–Trinajstić information content (AvgIpc) is 2.64. The van der Waals surface area contributed by atoms with Gasteiger partial charge in [0.2, 0.25) is 0 Å². The molecule has 0 amide bonds. The topological polar surface area (TPSA) is 55.8 Å². The Morgan fingerprint density at radius 1 is 1.00 bits per heavy atom. The highest BCUT2D eigenvalue weighted by Crippen LogP contribution is 2.33. The van der Waals surface area contributed by atoms with E-state index in [0.29, 0.717) is 17.1 Å². The summed E-state index contributed by atoms with van der Waals surface area (Å²) >= 11 is 0. The number of carbonyl (C=O) groups is 1. The molecule has 1 N–H and O–H groups in total. The third-order valence-corrected chi connectivity index (χ3v) is 4.05. The number of hydrogen-bond acceptors (Lipinski definition) is 3. The normalized spacial score (nSPS) is 11.2. The van der Waals surface area contributed by atoms with Crippen LogP contribution in [0.1, 0.15) is 36.5 Å². The summed E-state index contributed by atoms with van der Waals surface area (Å²) in [5.74, 6) is 0.187.